The number of anilines is 1. The van der Waals surface area contributed by atoms with Gasteiger partial charge in [-0.05, 0) is 41.4 Å². The summed E-state index contributed by atoms with van der Waals surface area (Å²) in [6, 6.07) is 5.60. The van der Waals surface area contributed by atoms with Gasteiger partial charge in [-0.25, -0.2) is 4.99 Å². The molecule has 3 N–H and O–H groups in total. The van der Waals surface area contributed by atoms with Crippen molar-refractivity contribution >= 4 is 52.9 Å². The average molecular weight is 445 g/mol. The molecule has 1 amide bonds. The molecule has 0 aliphatic rings. The number of pyridine rings is 1. The van der Waals surface area contributed by atoms with Crippen LogP contribution >= 0.6 is 35.3 Å². The summed E-state index contributed by atoms with van der Waals surface area (Å²) in [4.78, 5) is 20.3. The molecular weight excluding hydrogens is 425 g/mol. The van der Waals surface area contributed by atoms with Crippen molar-refractivity contribution in [3.05, 3.63) is 46.9 Å². The minimum absolute atomic E-state index is 0. The fourth-order valence-electron chi connectivity index (χ4n) is 1.70. The third-order valence-electron chi connectivity index (χ3n) is 2.71. The van der Waals surface area contributed by atoms with Gasteiger partial charge in [-0.2, -0.15) is 11.3 Å². The van der Waals surface area contributed by atoms with Gasteiger partial charge in [0.05, 0.1) is 25.0 Å². The zero-order valence-corrected chi connectivity index (χ0v) is 15.9. The van der Waals surface area contributed by atoms with E-state index in [1.165, 1.54) is 0 Å². The van der Waals surface area contributed by atoms with Crippen molar-refractivity contribution < 1.29 is 4.79 Å². The summed E-state index contributed by atoms with van der Waals surface area (Å²) in [5.74, 6) is 0.476. The topological polar surface area (TPSA) is 78.4 Å². The molecule has 0 atom stereocenters. The zero-order chi connectivity index (χ0) is 15.6. The Kier molecular flexibility index (Phi) is 9.22. The largest absolute Gasteiger partial charge is 0.357 e. The van der Waals surface area contributed by atoms with Crippen molar-refractivity contribution in [2.75, 3.05) is 18.4 Å². The summed E-state index contributed by atoms with van der Waals surface area (Å²) in [5.41, 5.74) is 1.83. The highest BCUT2D eigenvalue weighted by molar-refractivity contribution is 14.0. The predicted molar refractivity (Wildman–Crippen MR) is 105 cm³/mol. The first-order chi connectivity index (χ1) is 10.8. The Morgan fingerprint density at radius 2 is 2.22 bits per heavy atom. The van der Waals surface area contributed by atoms with E-state index in [-0.39, 0.29) is 36.4 Å². The van der Waals surface area contributed by atoms with Crippen LogP contribution in [-0.4, -0.2) is 29.9 Å². The Morgan fingerprint density at radius 3 is 2.87 bits per heavy atom. The molecule has 0 saturated heterocycles. The first-order valence-electron chi connectivity index (χ1n) is 7.01. The molecule has 0 saturated carbocycles. The van der Waals surface area contributed by atoms with Crippen molar-refractivity contribution in [3.63, 3.8) is 0 Å². The standard InChI is InChI=1S/C15H19N5OS.HI/c1-2-17-15(18-8-12-5-7-22-11-12)19-10-14(21)20-13-4-3-6-16-9-13;/h3-7,9,11H,2,8,10H2,1H3,(H,20,21)(H2,17,18,19);1H. The molecule has 2 heterocycles. The number of amides is 1. The summed E-state index contributed by atoms with van der Waals surface area (Å²) >= 11 is 1.64. The number of aliphatic imine (C=N–C) groups is 1. The van der Waals surface area contributed by atoms with E-state index in [2.05, 4.69) is 31.3 Å². The maximum Gasteiger partial charge on any atom is 0.243 e. The Labute approximate surface area is 156 Å². The number of halogens is 1. The van der Waals surface area contributed by atoms with E-state index < -0.39 is 0 Å². The number of nitrogens with one attached hydrogen (secondary N) is 3. The van der Waals surface area contributed by atoms with Crippen LogP contribution in [0.5, 0.6) is 0 Å². The highest BCUT2D eigenvalue weighted by Gasteiger charge is 2.04. The second-order valence-electron chi connectivity index (χ2n) is 4.47. The lowest BCUT2D eigenvalue weighted by molar-refractivity contribution is -0.115. The lowest BCUT2D eigenvalue weighted by Crippen LogP contribution is -2.41. The van der Waals surface area contributed by atoms with Gasteiger partial charge in [0.25, 0.3) is 0 Å². The number of hydrogen-bond donors (Lipinski definition) is 3. The second kappa shape index (κ2) is 10.9. The Bertz CT molecular complexity index is 604. The van der Waals surface area contributed by atoms with Gasteiger partial charge in [-0.15, -0.1) is 24.0 Å². The molecule has 23 heavy (non-hydrogen) atoms. The number of guanidine groups is 1. The third kappa shape index (κ3) is 7.42. The molecule has 0 fully saturated rings. The van der Waals surface area contributed by atoms with Crippen molar-refractivity contribution in [1.82, 2.24) is 15.6 Å². The minimum atomic E-state index is -0.144. The lowest BCUT2D eigenvalue weighted by Gasteiger charge is -2.11. The monoisotopic (exact) mass is 445 g/mol. The molecule has 2 aromatic rings. The van der Waals surface area contributed by atoms with Crippen LogP contribution in [0.1, 0.15) is 12.5 Å². The first kappa shape index (κ1) is 19.4. The van der Waals surface area contributed by atoms with Crippen LogP contribution in [0, 0.1) is 0 Å². The number of nitrogens with zero attached hydrogens (tertiary/aromatic N) is 2. The molecule has 0 aliphatic heterocycles. The van der Waals surface area contributed by atoms with E-state index in [1.807, 2.05) is 18.4 Å². The molecule has 0 aliphatic carbocycles. The second-order valence-corrected chi connectivity index (χ2v) is 5.25. The number of carbonyl (C=O) groups excluding carboxylic acids is 1. The molecule has 0 spiro atoms. The van der Waals surface area contributed by atoms with Crippen LogP contribution < -0.4 is 16.0 Å². The van der Waals surface area contributed by atoms with Crippen molar-refractivity contribution in [2.45, 2.75) is 13.5 Å². The highest BCUT2D eigenvalue weighted by Crippen LogP contribution is 2.06. The molecule has 0 unspecified atom stereocenters. The van der Waals surface area contributed by atoms with E-state index >= 15 is 0 Å². The van der Waals surface area contributed by atoms with E-state index in [4.69, 9.17) is 0 Å². The Balaban J connectivity index is 0.00000264. The normalized spacial score (nSPS) is 10.6. The zero-order valence-electron chi connectivity index (χ0n) is 12.8. The predicted octanol–water partition coefficient (Wildman–Crippen LogP) is 2.45. The smallest absolute Gasteiger partial charge is 0.243 e. The van der Waals surface area contributed by atoms with E-state index in [0.717, 1.165) is 12.1 Å². The van der Waals surface area contributed by atoms with Gasteiger partial charge in [0, 0.05) is 12.7 Å². The molecule has 0 radical (unpaired) electrons. The summed E-state index contributed by atoms with van der Waals surface area (Å²) in [5, 5.41) is 13.0. The quantitative estimate of drug-likeness (QED) is 0.363. The summed E-state index contributed by atoms with van der Waals surface area (Å²) in [7, 11) is 0. The molecule has 8 heteroatoms. The van der Waals surface area contributed by atoms with Gasteiger partial charge in [-0.3, -0.25) is 9.78 Å². The fourth-order valence-corrected chi connectivity index (χ4v) is 2.36. The molecule has 124 valence electrons. The van der Waals surface area contributed by atoms with Gasteiger partial charge < -0.3 is 16.0 Å². The van der Waals surface area contributed by atoms with E-state index in [9.17, 15) is 4.79 Å². The van der Waals surface area contributed by atoms with Gasteiger partial charge in [0.15, 0.2) is 5.96 Å². The Morgan fingerprint density at radius 1 is 1.35 bits per heavy atom. The molecule has 0 aromatic carbocycles. The number of aromatic nitrogens is 1. The number of hydrogen-bond acceptors (Lipinski definition) is 4. The number of rotatable bonds is 6. The average Bonchev–Trinajstić information content (AvgIpc) is 3.04. The number of thiophene rings is 1. The van der Waals surface area contributed by atoms with Crippen molar-refractivity contribution in [2.24, 2.45) is 4.99 Å². The van der Waals surface area contributed by atoms with Gasteiger partial charge in [-0.1, -0.05) is 0 Å². The van der Waals surface area contributed by atoms with Crippen LogP contribution in [0.15, 0.2) is 46.3 Å². The van der Waals surface area contributed by atoms with Crippen molar-refractivity contribution in [1.29, 1.82) is 0 Å². The molecule has 0 bridgehead atoms. The maximum absolute atomic E-state index is 11.9. The van der Waals surface area contributed by atoms with E-state index in [0.29, 0.717) is 18.2 Å². The van der Waals surface area contributed by atoms with Crippen LogP contribution in [0.3, 0.4) is 0 Å². The first-order valence-corrected chi connectivity index (χ1v) is 7.95. The highest BCUT2D eigenvalue weighted by atomic mass is 127. The van der Waals surface area contributed by atoms with Gasteiger partial charge in [0.2, 0.25) is 5.91 Å². The van der Waals surface area contributed by atoms with Crippen LogP contribution in [0.4, 0.5) is 5.69 Å². The molecule has 2 rings (SSSR count). The molecular formula is C15H20IN5OS. The molecule has 6 nitrogen and oxygen atoms in total. The van der Waals surface area contributed by atoms with Gasteiger partial charge in [0.1, 0.15) is 0 Å². The van der Waals surface area contributed by atoms with Gasteiger partial charge >= 0.3 is 0 Å². The summed E-state index contributed by atoms with van der Waals surface area (Å²) < 4.78 is 0. The Hall–Kier alpha value is -1.68. The van der Waals surface area contributed by atoms with E-state index in [1.54, 1.807) is 35.9 Å². The SMILES string of the molecule is CCNC(=NCc1ccsc1)NCC(=O)Nc1cccnc1.I. The summed E-state index contributed by atoms with van der Waals surface area (Å²) in [6.45, 7) is 3.45. The van der Waals surface area contributed by atoms with Crippen LogP contribution in [-0.2, 0) is 11.3 Å². The molecule has 2 aromatic heterocycles. The van der Waals surface area contributed by atoms with Crippen molar-refractivity contribution in [3.8, 4) is 0 Å². The lowest BCUT2D eigenvalue weighted by atomic mass is 10.3. The number of carbonyl (C=O) groups is 1. The van der Waals surface area contributed by atoms with Crippen LogP contribution in [0.25, 0.3) is 0 Å². The van der Waals surface area contributed by atoms with Crippen LogP contribution in [0.2, 0.25) is 0 Å². The minimum Gasteiger partial charge on any atom is -0.357 e. The third-order valence-corrected chi connectivity index (χ3v) is 3.44. The summed E-state index contributed by atoms with van der Waals surface area (Å²) in [6.07, 6.45) is 3.27. The fraction of sp³-hybridized carbons (Fsp3) is 0.267. The maximum atomic E-state index is 11.9.